The molecule has 1 fully saturated rings. The molecule has 2 N–H and O–H groups in total. The number of aliphatic hydroxyl groups excluding tert-OH is 1. The van der Waals surface area contributed by atoms with E-state index in [0.717, 1.165) is 19.4 Å². The Morgan fingerprint density at radius 3 is 2.67 bits per heavy atom. The Morgan fingerprint density at radius 1 is 1.39 bits per heavy atom. The maximum atomic E-state index is 9.11. The molecular formula is C14H24N2OS. The Hall–Kier alpha value is -0.450. The molecule has 0 atom stereocenters. The van der Waals surface area contributed by atoms with Crippen molar-refractivity contribution >= 4 is 11.3 Å². The van der Waals surface area contributed by atoms with Crippen LogP contribution in [0.2, 0.25) is 0 Å². The summed E-state index contributed by atoms with van der Waals surface area (Å²) in [6, 6.07) is 0.623. The van der Waals surface area contributed by atoms with Crippen molar-refractivity contribution in [3.05, 3.63) is 16.1 Å². The van der Waals surface area contributed by atoms with E-state index in [9.17, 15) is 0 Å². The molecule has 0 bridgehead atoms. The lowest BCUT2D eigenvalue weighted by atomic mass is 9.86. The summed E-state index contributed by atoms with van der Waals surface area (Å²) in [7, 11) is 0. The van der Waals surface area contributed by atoms with Gasteiger partial charge in [0.05, 0.1) is 5.01 Å². The van der Waals surface area contributed by atoms with Crippen molar-refractivity contribution in [2.24, 2.45) is 5.92 Å². The van der Waals surface area contributed by atoms with E-state index in [1.165, 1.54) is 22.7 Å². The Morgan fingerprint density at radius 2 is 2.11 bits per heavy atom. The number of nitrogens with one attached hydrogen (secondary N) is 1. The summed E-state index contributed by atoms with van der Waals surface area (Å²) >= 11 is 1.82. The third kappa shape index (κ3) is 3.77. The van der Waals surface area contributed by atoms with Crippen molar-refractivity contribution in [1.29, 1.82) is 0 Å². The Bertz CT molecular complexity index is 356. The molecule has 0 radical (unpaired) electrons. The summed E-state index contributed by atoms with van der Waals surface area (Å²) in [5, 5.41) is 14.0. The fourth-order valence-electron chi connectivity index (χ4n) is 2.47. The van der Waals surface area contributed by atoms with E-state index in [1.807, 2.05) is 17.5 Å². The van der Waals surface area contributed by atoms with Crippen molar-refractivity contribution in [2.75, 3.05) is 6.61 Å². The van der Waals surface area contributed by atoms with Crippen LogP contribution in [0.3, 0.4) is 0 Å². The zero-order chi connectivity index (χ0) is 13.0. The van der Waals surface area contributed by atoms with Gasteiger partial charge in [0.2, 0.25) is 0 Å². The molecule has 2 rings (SSSR count). The minimum atomic E-state index is 0.360. The highest BCUT2D eigenvalue weighted by molar-refractivity contribution is 7.11. The Balaban J connectivity index is 1.74. The number of hydrogen-bond donors (Lipinski definition) is 2. The van der Waals surface area contributed by atoms with Gasteiger partial charge in [0.25, 0.3) is 0 Å². The lowest BCUT2D eigenvalue weighted by Crippen LogP contribution is -2.33. The van der Waals surface area contributed by atoms with Crippen LogP contribution in [0.5, 0.6) is 0 Å². The van der Waals surface area contributed by atoms with Crippen molar-refractivity contribution in [3.63, 3.8) is 0 Å². The van der Waals surface area contributed by atoms with Crippen LogP contribution in [0.1, 0.15) is 55.3 Å². The first kappa shape index (κ1) is 14.0. The standard InChI is InChI=1S/C14H24N2OS/c1-10(2)14-16-8-13(18-14)7-15-12-5-3-11(9-17)4-6-12/h8,10-12,15,17H,3-7,9H2,1-2H3. The fraction of sp³-hybridized carbons (Fsp3) is 0.786. The maximum absolute atomic E-state index is 9.11. The highest BCUT2D eigenvalue weighted by Crippen LogP contribution is 2.25. The van der Waals surface area contributed by atoms with Crippen LogP contribution in [0.25, 0.3) is 0 Å². The quantitative estimate of drug-likeness (QED) is 0.863. The molecule has 18 heavy (non-hydrogen) atoms. The first-order valence-corrected chi connectivity index (χ1v) is 7.79. The first-order valence-electron chi connectivity index (χ1n) is 6.98. The number of aromatic nitrogens is 1. The summed E-state index contributed by atoms with van der Waals surface area (Å²) in [5.41, 5.74) is 0. The van der Waals surface area contributed by atoms with Crippen LogP contribution in [-0.2, 0) is 6.54 Å². The number of nitrogens with zero attached hydrogens (tertiary/aromatic N) is 1. The normalized spacial score (nSPS) is 24.7. The zero-order valence-electron chi connectivity index (χ0n) is 11.4. The van der Waals surface area contributed by atoms with Gasteiger partial charge in [0.15, 0.2) is 0 Å². The predicted molar refractivity (Wildman–Crippen MR) is 75.9 cm³/mol. The monoisotopic (exact) mass is 268 g/mol. The van der Waals surface area contributed by atoms with E-state index in [4.69, 9.17) is 5.11 Å². The molecule has 1 aromatic rings. The van der Waals surface area contributed by atoms with Crippen LogP contribution in [-0.4, -0.2) is 22.7 Å². The number of thiazole rings is 1. The van der Waals surface area contributed by atoms with E-state index in [1.54, 1.807) is 0 Å². The SMILES string of the molecule is CC(C)c1ncc(CNC2CCC(CO)CC2)s1. The number of aliphatic hydroxyl groups is 1. The van der Waals surface area contributed by atoms with Crippen molar-refractivity contribution in [3.8, 4) is 0 Å². The topological polar surface area (TPSA) is 45.2 Å². The van der Waals surface area contributed by atoms with E-state index < -0.39 is 0 Å². The van der Waals surface area contributed by atoms with Gasteiger partial charge in [-0.3, -0.25) is 0 Å². The van der Waals surface area contributed by atoms with E-state index in [-0.39, 0.29) is 0 Å². The molecule has 4 heteroatoms. The molecule has 0 saturated heterocycles. The lowest BCUT2D eigenvalue weighted by molar-refractivity contribution is 0.175. The molecule has 1 saturated carbocycles. The molecule has 0 amide bonds. The third-order valence-electron chi connectivity index (χ3n) is 3.74. The molecule has 102 valence electrons. The van der Waals surface area contributed by atoms with Crippen LogP contribution in [0, 0.1) is 5.92 Å². The summed E-state index contributed by atoms with van der Waals surface area (Å²) in [6.07, 6.45) is 6.72. The summed E-state index contributed by atoms with van der Waals surface area (Å²) in [4.78, 5) is 5.79. The van der Waals surface area contributed by atoms with Crippen LogP contribution < -0.4 is 5.32 Å². The maximum Gasteiger partial charge on any atom is 0.0953 e. The van der Waals surface area contributed by atoms with Crippen molar-refractivity contribution in [1.82, 2.24) is 10.3 Å². The molecule has 0 spiro atoms. The van der Waals surface area contributed by atoms with Gasteiger partial charge in [-0.1, -0.05) is 13.8 Å². The van der Waals surface area contributed by atoms with Gasteiger partial charge in [-0.25, -0.2) is 4.98 Å². The van der Waals surface area contributed by atoms with Gasteiger partial charge in [-0.15, -0.1) is 11.3 Å². The lowest BCUT2D eigenvalue weighted by Gasteiger charge is -2.27. The third-order valence-corrected chi connectivity index (χ3v) is 5.03. The number of hydrogen-bond acceptors (Lipinski definition) is 4. The summed E-state index contributed by atoms with van der Waals surface area (Å²) in [5.74, 6) is 1.07. The summed E-state index contributed by atoms with van der Waals surface area (Å²) < 4.78 is 0. The van der Waals surface area contributed by atoms with Gasteiger partial charge >= 0.3 is 0 Å². The van der Waals surface area contributed by atoms with E-state index in [0.29, 0.717) is 24.5 Å². The van der Waals surface area contributed by atoms with Gasteiger partial charge < -0.3 is 10.4 Å². The zero-order valence-corrected chi connectivity index (χ0v) is 12.2. The van der Waals surface area contributed by atoms with Crippen LogP contribution >= 0.6 is 11.3 Å². The van der Waals surface area contributed by atoms with Crippen LogP contribution in [0.15, 0.2) is 6.20 Å². The minimum Gasteiger partial charge on any atom is -0.396 e. The average Bonchev–Trinajstić information content (AvgIpc) is 2.86. The fourth-order valence-corrected chi connectivity index (χ4v) is 3.34. The molecular weight excluding hydrogens is 244 g/mol. The molecule has 1 aromatic heterocycles. The highest BCUT2D eigenvalue weighted by atomic mass is 32.1. The minimum absolute atomic E-state index is 0.360. The molecule has 1 aliphatic rings. The molecule has 1 aliphatic carbocycles. The Labute approximate surface area is 114 Å². The largest absolute Gasteiger partial charge is 0.396 e. The van der Waals surface area contributed by atoms with Gasteiger partial charge in [0.1, 0.15) is 0 Å². The van der Waals surface area contributed by atoms with Crippen molar-refractivity contribution in [2.45, 2.75) is 58.0 Å². The smallest absolute Gasteiger partial charge is 0.0953 e. The van der Waals surface area contributed by atoms with Gasteiger partial charge in [-0.05, 0) is 31.6 Å². The second kappa shape index (κ2) is 6.64. The highest BCUT2D eigenvalue weighted by Gasteiger charge is 2.20. The van der Waals surface area contributed by atoms with Crippen molar-refractivity contribution < 1.29 is 5.11 Å². The molecule has 3 nitrogen and oxygen atoms in total. The predicted octanol–water partition coefficient (Wildman–Crippen LogP) is 2.91. The molecule has 1 heterocycles. The van der Waals surface area contributed by atoms with E-state index in [2.05, 4.69) is 24.1 Å². The van der Waals surface area contributed by atoms with E-state index >= 15 is 0 Å². The molecule has 0 aromatic carbocycles. The van der Waals surface area contributed by atoms with Gasteiger partial charge in [-0.2, -0.15) is 0 Å². The average molecular weight is 268 g/mol. The molecule has 0 aliphatic heterocycles. The summed E-state index contributed by atoms with van der Waals surface area (Å²) in [6.45, 7) is 5.68. The first-order chi connectivity index (χ1) is 8.69. The number of rotatable bonds is 5. The second-order valence-corrected chi connectivity index (χ2v) is 6.75. The molecule has 0 unspecified atom stereocenters. The Kier molecular flexibility index (Phi) is 5.15. The second-order valence-electron chi connectivity index (χ2n) is 5.60. The van der Waals surface area contributed by atoms with Crippen LogP contribution in [0.4, 0.5) is 0 Å². The van der Waals surface area contributed by atoms with Gasteiger partial charge in [0, 0.05) is 36.2 Å².